The molecule has 166 valence electrons. The summed E-state index contributed by atoms with van der Waals surface area (Å²) < 4.78 is 70.8. The van der Waals surface area contributed by atoms with Gasteiger partial charge in [0.15, 0.2) is 13.2 Å². The van der Waals surface area contributed by atoms with Gasteiger partial charge >= 0.3 is 18.1 Å². The van der Waals surface area contributed by atoms with E-state index in [4.69, 9.17) is 4.74 Å². The molecule has 0 saturated heterocycles. The molecule has 29 heavy (non-hydrogen) atoms. The number of hydrogen-bond acceptors (Lipinski definition) is 3. The third kappa shape index (κ3) is 6.57. The predicted molar refractivity (Wildman–Crippen MR) is 100 cm³/mol. The van der Waals surface area contributed by atoms with Crippen LogP contribution in [0.3, 0.4) is 0 Å². The first-order chi connectivity index (χ1) is 13.0. The maximum absolute atomic E-state index is 12.8. The lowest BCUT2D eigenvalue weighted by Crippen LogP contribution is -2.41. The van der Waals surface area contributed by atoms with E-state index in [0.29, 0.717) is 5.92 Å². The van der Waals surface area contributed by atoms with Crippen molar-refractivity contribution < 1.29 is 36.2 Å². The van der Waals surface area contributed by atoms with Gasteiger partial charge in [0.2, 0.25) is 0 Å². The molecule has 0 aliphatic carbocycles. The largest absolute Gasteiger partial charge is 0.482 e. The van der Waals surface area contributed by atoms with Gasteiger partial charge in [-0.05, 0) is 40.9 Å². The lowest BCUT2D eigenvalue weighted by Gasteiger charge is -2.44. The highest BCUT2D eigenvalue weighted by atomic mass is 19.4. The minimum Gasteiger partial charge on any atom is -0.482 e. The van der Waals surface area contributed by atoms with Crippen LogP contribution in [0.5, 0.6) is 5.75 Å². The van der Waals surface area contributed by atoms with Crippen molar-refractivity contribution in [2.45, 2.75) is 65.5 Å². The molecule has 0 radical (unpaired) electrons. The third-order valence-electron chi connectivity index (χ3n) is 5.15. The Kier molecular flexibility index (Phi) is 7.71. The van der Waals surface area contributed by atoms with Crippen molar-refractivity contribution in [3.8, 4) is 5.75 Å². The smallest absolute Gasteiger partial charge is 0.456 e. The number of esters is 1. The van der Waals surface area contributed by atoms with E-state index in [-0.39, 0.29) is 16.6 Å². The van der Waals surface area contributed by atoms with Gasteiger partial charge in [0, 0.05) is 0 Å². The first-order valence-electron chi connectivity index (χ1n) is 9.33. The molecule has 0 bridgehead atoms. The van der Waals surface area contributed by atoms with E-state index in [1.54, 1.807) is 12.1 Å². The molecule has 1 aromatic rings. The van der Waals surface area contributed by atoms with E-state index < -0.39 is 31.3 Å². The van der Waals surface area contributed by atoms with Gasteiger partial charge in [0.25, 0.3) is 0 Å². The van der Waals surface area contributed by atoms with Crippen LogP contribution < -0.4 is 4.74 Å². The number of hydrogen-bond donors (Lipinski definition) is 0. The van der Waals surface area contributed by atoms with E-state index in [9.17, 15) is 26.7 Å². The molecule has 3 nitrogen and oxygen atoms in total. The predicted octanol–water partition coefficient (Wildman–Crippen LogP) is 6.16. The molecular weight excluding hydrogens is 395 g/mol. The summed E-state index contributed by atoms with van der Waals surface area (Å²) in [5.41, 5.74) is 0.938. The Balaban J connectivity index is 2.74. The van der Waals surface area contributed by atoms with Crippen molar-refractivity contribution in [2.75, 3.05) is 13.2 Å². The zero-order chi connectivity index (χ0) is 22.7. The molecule has 0 spiro atoms. The van der Waals surface area contributed by atoms with Crippen LogP contribution in [-0.4, -0.2) is 31.3 Å². The fraction of sp³-hybridized carbons (Fsp3) is 0.667. The Labute approximate surface area is 168 Å². The number of rotatable bonds is 8. The Hall–Kier alpha value is -1.86. The molecule has 1 rings (SSSR count). The Morgan fingerprint density at radius 3 is 1.90 bits per heavy atom. The van der Waals surface area contributed by atoms with Crippen LogP contribution >= 0.6 is 0 Å². The summed E-state index contributed by atoms with van der Waals surface area (Å²) in [6.07, 6.45) is -4.82. The number of halogens is 5. The van der Waals surface area contributed by atoms with Crippen LogP contribution in [0.15, 0.2) is 24.3 Å². The number of carbonyl (C=O) groups is 1. The van der Waals surface area contributed by atoms with Crippen molar-refractivity contribution in [2.24, 2.45) is 11.3 Å². The molecule has 0 aromatic heterocycles. The summed E-state index contributed by atoms with van der Waals surface area (Å²) in [5, 5.41) is 0. The van der Waals surface area contributed by atoms with Gasteiger partial charge in [-0.3, -0.25) is 0 Å². The van der Waals surface area contributed by atoms with Crippen molar-refractivity contribution >= 4 is 5.97 Å². The summed E-state index contributed by atoms with van der Waals surface area (Å²) in [5.74, 6) is -5.65. The Bertz CT molecular complexity index is 675. The topological polar surface area (TPSA) is 35.5 Å². The first kappa shape index (κ1) is 25.2. The normalized spacial score (nSPS) is 15.2. The standard InChI is InChI=1S/C21H29F5O3/c1-14(2)11-19(6,18(3,4)5)15-7-9-16(10-8-15)28-12-17(27)29-13-20(22,23)21(24,25)26/h7-10,14H,11-13H2,1-6H3. The number of alkyl halides is 5. The SMILES string of the molecule is CC(C)CC(C)(c1ccc(OCC(=O)OCC(F)(F)C(F)(F)F)cc1)C(C)(C)C. The van der Waals surface area contributed by atoms with Crippen molar-refractivity contribution in [1.82, 2.24) is 0 Å². The van der Waals surface area contributed by atoms with Gasteiger partial charge in [-0.25, -0.2) is 4.79 Å². The van der Waals surface area contributed by atoms with E-state index >= 15 is 0 Å². The second-order valence-electron chi connectivity index (χ2n) is 8.86. The average Bonchev–Trinajstić information content (AvgIpc) is 2.56. The van der Waals surface area contributed by atoms with E-state index in [1.165, 1.54) is 0 Å². The molecule has 0 aliphatic heterocycles. The van der Waals surface area contributed by atoms with E-state index in [1.807, 2.05) is 12.1 Å². The van der Waals surface area contributed by atoms with E-state index in [0.717, 1.165) is 12.0 Å². The van der Waals surface area contributed by atoms with Crippen molar-refractivity contribution in [3.05, 3.63) is 29.8 Å². The second-order valence-corrected chi connectivity index (χ2v) is 8.86. The molecule has 0 N–H and O–H groups in total. The molecule has 1 unspecified atom stereocenters. The number of carbonyl (C=O) groups excluding carboxylic acids is 1. The number of benzene rings is 1. The summed E-state index contributed by atoms with van der Waals surface area (Å²) in [6.45, 7) is 10.1. The van der Waals surface area contributed by atoms with Gasteiger partial charge in [-0.2, -0.15) is 22.0 Å². The minimum absolute atomic E-state index is 0.0207. The highest BCUT2D eigenvalue weighted by Crippen LogP contribution is 2.46. The molecule has 0 fully saturated rings. The third-order valence-corrected chi connectivity index (χ3v) is 5.15. The molecule has 0 amide bonds. The molecule has 0 heterocycles. The van der Waals surface area contributed by atoms with Gasteiger partial charge in [-0.1, -0.05) is 53.7 Å². The summed E-state index contributed by atoms with van der Waals surface area (Å²) in [6, 6.07) is 7.01. The summed E-state index contributed by atoms with van der Waals surface area (Å²) in [4.78, 5) is 11.4. The van der Waals surface area contributed by atoms with Crippen LogP contribution in [-0.2, 0) is 14.9 Å². The van der Waals surface area contributed by atoms with Crippen molar-refractivity contribution in [3.63, 3.8) is 0 Å². The quantitative estimate of drug-likeness (QED) is 0.371. The lowest BCUT2D eigenvalue weighted by molar-refractivity contribution is -0.294. The van der Waals surface area contributed by atoms with Gasteiger partial charge < -0.3 is 9.47 Å². The highest BCUT2D eigenvalue weighted by Gasteiger charge is 2.58. The average molecular weight is 424 g/mol. The molecular formula is C21H29F5O3. The second kappa shape index (κ2) is 8.88. The van der Waals surface area contributed by atoms with Crippen LogP contribution in [0.1, 0.15) is 53.5 Å². The zero-order valence-electron chi connectivity index (χ0n) is 17.6. The van der Waals surface area contributed by atoms with E-state index in [2.05, 4.69) is 46.3 Å². The Morgan fingerprint density at radius 2 is 1.48 bits per heavy atom. The maximum Gasteiger partial charge on any atom is 0.456 e. The van der Waals surface area contributed by atoms with Crippen LogP contribution in [0, 0.1) is 11.3 Å². The van der Waals surface area contributed by atoms with Crippen LogP contribution in [0.4, 0.5) is 22.0 Å². The molecule has 0 aliphatic rings. The molecule has 1 aromatic carbocycles. The summed E-state index contributed by atoms with van der Waals surface area (Å²) >= 11 is 0. The maximum atomic E-state index is 12.8. The number of ether oxygens (including phenoxy) is 2. The highest BCUT2D eigenvalue weighted by molar-refractivity contribution is 5.71. The Morgan fingerprint density at radius 1 is 0.966 bits per heavy atom. The fourth-order valence-corrected chi connectivity index (χ4v) is 3.03. The zero-order valence-corrected chi connectivity index (χ0v) is 17.6. The summed E-state index contributed by atoms with van der Waals surface area (Å²) in [7, 11) is 0. The van der Waals surface area contributed by atoms with Gasteiger partial charge in [0.1, 0.15) is 5.75 Å². The first-order valence-corrected chi connectivity index (χ1v) is 9.33. The fourth-order valence-electron chi connectivity index (χ4n) is 3.03. The monoisotopic (exact) mass is 424 g/mol. The lowest BCUT2D eigenvalue weighted by atomic mass is 9.60. The van der Waals surface area contributed by atoms with Crippen molar-refractivity contribution in [1.29, 1.82) is 0 Å². The van der Waals surface area contributed by atoms with Gasteiger partial charge in [0.05, 0.1) is 0 Å². The van der Waals surface area contributed by atoms with Gasteiger partial charge in [-0.15, -0.1) is 0 Å². The minimum atomic E-state index is -5.78. The van der Waals surface area contributed by atoms with Crippen LogP contribution in [0.2, 0.25) is 0 Å². The molecule has 1 atom stereocenters. The van der Waals surface area contributed by atoms with Crippen LogP contribution in [0.25, 0.3) is 0 Å². The molecule has 8 heteroatoms. The molecule has 0 saturated carbocycles.